The van der Waals surface area contributed by atoms with E-state index in [1.807, 2.05) is 19.1 Å². The largest absolute Gasteiger partial charge is 0.347 e. The Bertz CT molecular complexity index is 1880. The van der Waals surface area contributed by atoms with Gasteiger partial charge in [-0.25, -0.2) is 4.98 Å². The van der Waals surface area contributed by atoms with Crippen molar-refractivity contribution in [1.82, 2.24) is 41.0 Å². The lowest BCUT2D eigenvalue weighted by molar-refractivity contribution is -0.145. The van der Waals surface area contributed by atoms with Crippen molar-refractivity contribution in [3.05, 3.63) is 54.1 Å². The van der Waals surface area contributed by atoms with E-state index in [0.29, 0.717) is 29.7 Å². The van der Waals surface area contributed by atoms with E-state index in [1.165, 1.54) is 35.3 Å². The number of Topliss-reactive ketones (excluding diaryl/α,β-unsaturated/α-hetero) is 1. The molecule has 16 heteroatoms. The monoisotopic (exact) mass is 802 g/mol. The molecule has 5 atom stereocenters. The number of aromatic nitrogens is 2. The quantitative estimate of drug-likeness (QED) is 0.219. The predicted molar refractivity (Wildman–Crippen MR) is 211 cm³/mol. The normalized spacial score (nSPS) is 22.5. The molecule has 1 saturated heterocycles. The Hall–Kier alpha value is -4.86. The molecular weight excluding hydrogens is 749 g/mol. The fourth-order valence-electron chi connectivity index (χ4n) is 8.02. The highest BCUT2D eigenvalue weighted by Gasteiger charge is 2.57. The first-order valence-electron chi connectivity index (χ1n) is 20.0. The van der Waals surface area contributed by atoms with Crippen molar-refractivity contribution in [3.63, 3.8) is 0 Å². The maximum Gasteiger partial charge on any atom is 0.289 e. The summed E-state index contributed by atoms with van der Waals surface area (Å²) < 4.78 is 0. The molecule has 4 N–H and O–H groups in total. The van der Waals surface area contributed by atoms with E-state index < -0.39 is 69.8 Å². The molecule has 3 fully saturated rings. The summed E-state index contributed by atoms with van der Waals surface area (Å²) in [6, 6.07) is 2.68. The fourth-order valence-corrected chi connectivity index (χ4v) is 9.50. The number of rotatable bonds is 13. The number of ketones is 1. The molecule has 306 valence electrons. The van der Waals surface area contributed by atoms with Crippen molar-refractivity contribution < 1.29 is 33.6 Å². The summed E-state index contributed by atoms with van der Waals surface area (Å²) in [5.41, 5.74) is -0.319. The van der Waals surface area contributed by atoms with Crippen molar-refractivity contribution in [2.45, 2.75) is 132 Å². The van der Waals surface area contributed by atoms with Gasteiger partial charge in [-0.3, -0.25) is 38.5 Å². The van der Waals surface area contributed by atoms with Crippen LogP contribution in [-0.4, -0.2) is 110 Å². The second-order valence-electron chi connectivity index (χ2n) is 16.8. The average molecular weight is 803 g/mol. The van der Waals surface area contributed by atoms with Crippen LogP contribution in [0.2, 0.25) is 0 Å². The average Bonchev–Trinajstić information content (AvgIpc) is 3.94. The predicted octanol–water partition coefficient (Wildman–Crippen LogP) is 2.99. The first kappa shape index (κ1) is 41.8. The zero-order valence-electron chi connectivity index (χ0n) is 33.3. The van der Waals surface area contributed by atoms with Gasteiger partial charge in [0.25, 0.3) is 17.7 Å². The van der Waals surface area contributed by atoms with Gasteiger partial charge >= 0.3 is 0 Å². The van der Waals surface area contributed by atoms with Crippen molar-refractivity contribution in [2.24, 2.45) is 11.3 Å². The standard InChI is InChI=1S/C41H54N8O7S/c1-6-12-27(32(50)37(54)44-25-17-18-25)45-35(52)29-21-41(48(5)38(55)26-15-10-11-16-30(26)57-41)23-49(29)39(56)33(40(2,3)4)47-36(53)31(24-13-8-7-9-14-24)46-34(51)28-22-42-19-20-43-28/h10-11,15-16,19-20,22,24-25,27,29,31,33H,6-9,12-14,17-18,21,23H2,1-5H3,(H,44,54)(H,45,52)(H,46,51)(H,47,53)/t27?,29-,31-,33+,41?/m0/s1. The third-order valence-electron chi connectivity index (χ3n) is 11.5. The topological polar surface area (TPSA) is 200 Å². The molecule has 6 amide bonds. The van der Waals surface area contributed by atoms with Crippen LogP contribution in [0.1, 0.15) is 113 Å². The number of carbonyl (C=O) groups excluding carboxylic acids is 7. The van der Waals surface area contributed by atoms with Gasteiger partial charge in [-0.05, 0) is 55.6 Å². The Morgan fingerprint density at radius 3 is 2.33 bits per heavy atom. The Morgan fingerprint density at radius 2 is 1.68 bits per heavy atom. The van der Waals surface area contributed by atoms with E-state index in [9.17, 15) is 28.8 Å². The highest BCUT2D eigenvalue weighted by Crippen LogP contribution is 2.50. The van der Waals surface area contributed by atoms with Gasteiger partial charge < -0.3 is 31.1 Å². The van der Waals surface area contributed by atoms with Gasteiger partial charge in [-0.2, -0.15) is 0 Å². The lowest BCUT2D eigenvalue weighted by Gasteiger charge is -2.42. The van der Waals surface area contributed by atoms with Gasteiger partial charge in [0.2, 0.25) is 23.5 Å². The first-order chi connectivity index (χ1) is 27.1. The van der Waals surface area contributed by atoms with Crippen molar-refractivity contribution >= 4 is 53.0 Å². The molecule has 3 heterocycles. The molecule has 1 aromatic carbocycles. The smallest absolute Gasteiger partial charge is 0.289 e. The molecule has 15 nitrogen and oxygen atoms in total. The number of thioether (sulfide) groups is 1. The van der Waals surface area contributed by atoms with Crippen LogP contribution in [-0.2, 0) is 24.0 Å². The van der Waals surface area contributed by atoms with Crippen molar-refractivity contribution in [3.8, 4) is 0 Å². The lowest BCUT2D eigenvalue weighted by atomic mass is 9.82. The van der Waals surface area contributed by atoms with Crippen LogP contribution in [0.15, 0.2) is 47.8 Å². The number of nitrogens with one attached hydrogen (secondary N) is 4. The Labute approximate surface area is 337 Å². The molecule has 4 aliphatic rings. The molecular formula is C41H54N8O7S. The maximum atomic E-state index is 15.1. The van der Waals surface area contributed by atoms with Crippen molar-refractivity contribution in [2.75, 3.05) is 13.6 Å². The molecule has 0 radical (unpaired) electrons. The number of carbonyl (C=O) groups is 7. The molecule has 2 aliphatic carbocycles. The minimum absolute atomic E-state index is 0.0246. The number of hydrogen-bond donors (Lipinski definition) is 4. The highest BCUT2D eigenvalue weighted by molar-refractivity contribution is 8.00. The summed E-state index contributed by atoms with van der Waals surface area (Å²) in [5, 5.41) is 11.4. The van der Waals surface area contributed by atoms with Gasteiger partial charge in [0.15, 0.2) is 0 Å². The van der Waals surface area contributed by atoms with Crippen LogP contribution in [0, 0.1) is 11.3 Å². The molecule has 2 saturated carbocycles. The van der Waals surface area contributed by atoms with Crippen LogP contribution in [0.5, 0.6) is 0 Å². The van der Waals surface area contributed by atoms with E-state index in [4.69, 9.17) is 0 Å². The second-order valence-corrected chi connectivity index (χ2v) is 18.2. The summed E-state index contributed by atoms with van der Waals surface area (Å²) in [7, 11) is 1.65. The summed E-state index contributed by atoms with van der Waals surface area (Å²) in [6.45, 7) is 7.20. The summed E-state index contributed by atoms with van der Waals surface area (Å²) in [5.74, 6) is -4.25. The van der Waals surface area contributed by atoms with E-state index in [0.717, 1.165) is 32.1 Å². The maximum absolute atomic E-state index is 15.1. The molecule has 2 aromatic rings. The summed E-state index contributed by atoms with van der Waals surface area (Å²) in [6.07, 6.45) is 10.7. The van der Waals surface area contributed by atoms with E-state index in [2.05, 4.69) is 31.2 Å². The second kappa shape index (κ2) is 17.3. The van der Waals surface area contributed by atoms with E-state index >= 15 is 4.79 Å². The highest BCUT2D eigenvalue weighted by atomic mass is 32.2. The van der Waals surface area contributed by atoms with Crippen LogP contribution < -0.4 is 21.3 Å². The van der Waals surface area contributed by atoms with Crippen LogP contribution in [0.25, 0.3) is 0 Å². The van der Waals surface area contributed by atoms with Crippen molar-refractivity contribution in [1.29, 1.82) is 0 Å². The van der Waals surface area contributed by atoms with Gasteiger partial charge in [0.1, 0.15) is 28.7 Å². The first-order valence-corrected chi connectivity index (χ1v) is 20.8. The van der Waals surface area contributed by atoms with E-state index in [-0.39, 0.29) is 42.9 Å². The minimum atomic E-state index is -1.17. The number of nitrogens with zero attached hydrogens (tertiary/aromatic N) is 4. The zero-order valence-corrected chi connectivity index (χ0v) is 34.2. The SMILES string of the molecule is CCCC(NC(=O)[C@@H]1CC2(CN1C(=O)[C@@H](NC(=O)[C@@H](NC(=O)c1cnccn1)C1CCCCC1)C(C)(C)C)Sc1ccccc1C(=O)N2C)C(=O)C(=O)NC1CC1. The number of amides is 6. The van der Waals surface area contributed by atoms with Crippen LogP contribution in [0.4, 0.5) is 0 Å². The molecule has 57 heavy (non-hydrogen) atoms. The van der Waals surface area contributed by atoms with Crippen LogP contribution in [0.3, 0.4) is 0 Å². The number of hydrogen-bond acceptors (Lipinski definition) is 10. The van der Waals surface area contributed by atoms with Crippen LogP contribution >= 0.6 is 11.8 Å². The number of likely N-dealkylation sites (tertiary alicyclic amines) is 1. The van der Waals surface area contributed by atoms with E-state index in [1.54, 1.807) is 44.9 Å². The molecule has 1 aromatic heterocycles. The van der Waals surface area contributed by atoms with Gasteiger partial charge in [0, 0.05) is 36.8 Å². The fraction of sp³-hybridized carbons (Fsp3) is 0.585. The number of likely N-dealkylation sites (N-methyl/N-ethyl adjacent to an activating group) is 1. The summed E-state index contributed by atoms with van der Waals surface area (Å²) in [4.78, 5) is 108. The molecule has 1 spiro atoms. The third kappa shape index (κ3) is 9.31. The minimum Gasteiger partial charge on any atom is -0.347 e. The Kier molecular flexibility index (Phi) is 12.7. The Morgan fingerprint density at radius 1 is 0.965 bits per heavy atom. The molecule has 2 aliphatic heterocycles. The van der Waals surface area contributed by atoms with Gasteiger partial charge in [-0.1, -0.05) is 77.3 Å². The summed E-state index contributed by atoms with van der Waals surface area (Å²) >= 11 is 1.39. The third-order valence-corrected chi connectivity index (χ3v) is 13.0. The zero-order chi connectivity index (χ0) is 41.1. The molecule has 2 unspecified atom stereocenters. The van der Waals surface area contributed by atoms with Gasteiger partial charge in [-0.15, -0.1) is 0 Å². The van der Waals surface area contributed by atoms with Gasteiger partial charge in [0.05, 0.1) is 24.3 Å². The molecule has 6 rings (SSSR count). The number of fused-ring (bicyclic) bond motifs is 1. The molecule has 0 bridgehead atoms. The lowest BCUT2D eigenvalue weighted by Crippen LogP contribution is -2.62. The Balaban J connectivity index is 1.31. The number of benzene rings is 1.